The van der Waals surface area contributed by atoms with Crippen molar-refractivity contribution in [2.45, 2.75) is 19.9 Å². The van der Waals surface area contributed by atoms with E-state index in [1.54, 1.807) is 0 Å². The van der Waals surface area contributed by atoms with Crippen molar-refractivity contribution in [3.8, 4) is 0 Å². The lowest BCUT2D eigenvalue weighted by atomic mass is 9.97. The van der Waals surface area contributed by atoms with E-state index in [0.717, 1.165) is 23.4 Å². The van der Waals surface area contributed by atoms with Crippen molar-refractivity contribution >= 4 is 10.8 Å². The highest BCUT2D eigenvalue weighted by Gasteiger charge is 2.17. The van der Waals surface area contributed by atoms with Crippen molar-refractivity contribution in [3.63, 3.8) is 0 Å². The van der Waals surface area contributed by atoms with Gasteiger partial charge in [0.2, 0.25) is 0 Å². The lowest BCUT2D eigenvalue weighted by molar-refractivity contribution is 0.615. The van der Waals surface area contributed by atoms with Gasteiger partial charge in [0.05, 0.1) is 11.7 Å². The number of hydrogen-bond donors (Lipinski definition) is 1. The maximum atomic E-state index is 4.59. The maximum Gasteiger partial charge on any atom is 0.125 e. The molecule has 4 nitrogen and oxygen atoms in total. The van der Waals surface area contributed by atoms with E-state index in [0.29, 0.717) is 0 Å². The summed E-state index contributed by atoms with van der Waals surface area (Å²) in [7, 11) is 0. The zero-order valence-electron chi connectivity index (χ0n) is 12.2. The molecule has 0 saturated heterocycles. The maximum absolute atomic E-state index is 4.59. The first-order valence-electron chi connectivity index (χ1n) is 7.15. The number of pyridine rings is 1. The van der Waals surface area contributed by atoms with Crippen LogP contribution in [-0.4, -0.2) is 21.5 Å². The second kappa shape index (κ2) is 5.97. The van der Waals surface area contributed by atoms with Gasteiger partial charge in [0, 0.05) is 24.0 Å². The van der Waals surface area contributed by atoms with E-state index in [9.17, 15) is 0 Å². The van der Waals surface area contributed by atoms with E-state index in [1.165, 1.54) is 10.9 Å². The molecule has 1 N–H and O–H groups in total. The first kappa shape index (κ1) is 13.6. The summed E-state index contributed by atoms with van der Waals surface area (Å²) in [6, 6.07) is 10.4. The van der Waals surface area contributed by atoms with E-state index in [2.05, 4.69) is 51.5 Å². The van der Waals surface area contributed by atoms with Crippen LogP contribution < -0.4 is 5.32 Å². The van der Waals surface area contributed by atoms with Gasteiger partial charge in [-0.1, -0.05) is 25.1 Å². The molecule has 0 spiro atoms. The van der Waals surface area contributed by atoms with Crippen LogP contribution in [0.4, 0.5) is 0 Å². The average molecular weight is 278 g/mol. The number of nitrogens with zero attached hydrogens (tertiary/aromatic N) is 3. The van der Waals surface area contributed by atoms with Gasteiger partial charge in [-0.25, -0.2) is 9.97 Å². The molecule has 2 heterocycles. The number of rotatable bonds is 4. The second-order valence-electron chi connectivity index (χ2n) is 4.96. The van der Waals surface area contributed by atoms with Crippen LogP contribution in [0.2, 0.25) is 0 Å². The van der Waals surface area contributed by atoms with E-state index in [-0.39, 0.29) is 6.04 Å². The Kier molecular flexibility index (Phi) is 3.88. The molecule has 1 unspecified atom stereocenters. The summed E-state index contributed by atoms with van der Waals surface area (Å²) < 4.78 is 0. The first-order chi connectivity index (χ1) is 10.3. The molecule has 1 atom stereocenters. The predicted molar refractivity (Wildman–Crippen MR) is 84.0 cm³/mol. The summed E-state index contributed by atoms with van der Waals surface area (Å²) in [5.41, 5.74) is 2.21. The van der Waals surface area contributed by atoms with Crippen molar-refractivity contribution in [1.82, 2.24) is 20.3 Å². The minimum atomic E-state index is 0.0581. The van der Waals surface area contributed by atoms with Gasteiger partial charge in [-0.15, -0.1) is 0 Å². The molecule has 0 amide bonds. The molecule has 4 heteroatoms. The SMILES string of the molecule is CCNC(c1ccnc(C)n1)c1cccc2cnccc12. The third-order valence-electron chi connectivity index (χ3n) is 3.53. The largest absolute Gasteiger partial charge is 0.305 e. The monoisotopic (exact) mass is 278 g/mol. The highest BCUT2D eigenvalue weighted by molar-refractivity contribution is 5.85. The van der Waals surface area contributed by atoms with Gasteiger partial charge in [-0.2, -0.15) is 0 Å². The van der Waals surface area contributed by atoms with E-state index in [4.69, 9.17) is 0 Å². The van der Waals surface area contributed by atoms with Gasteiger partial charge in [0.15, 0.2) is 0 Å². The van der Waals surface area contributed by atoms with Gasteiger partial charge in [-0.3, -0.25) is 4.98 Å². The standard InChI is InChI=1S/C17H18N4/c1-3-19-17(16-8-10-20-12(2)21-16)15-6-4-5-13-11-18-9-7-14(13)15/h4-11,17,19H,3H2,1-2H3. The Morgan fingerprint density at radius 2 is 2.05 bits per heavy atom. The normalized spacial score (nSPS) is 12.5. The fraction of sp³-hybridized carbons (Fsp3) is 0.235. The molecule has 106 valence electrons. The predicted octanol–water partition coefficient (Wildman–Crippen LogP) is 3.03. The number of fused-ring (bicyclic) bond motifs is 1. The van der Waals surface area contributed by atoms with Gasteiger partial charge >= 0.3 is 0 Å². The van der Waals surface area contributed by atoms with Crippen LogP contribution in [0.3, 0.4) is 0 Å². The minimum absolute atomic E-state index is 0.0581. The molecule has 2 aromatic heterocycles. The summed E-state index contributed by atoms with van der Waals surface area (Å²) >= 11 is 0. The van der Waals surface area contributed by atoms with Crippen molar-refractivity contribution in [2.75, 3.05) is 6.54 Å². The summed E-state index contributed by atoms with van der Waals surface area (Å²) in [6.07, 6.45) is 5.54. The third-order valence-corrected chi connectivity index (χ3v) is 3.53. The number of hydrogen-bond acceptors (Lipinski definition) is 4. The van der Waals surface area contributed by atoms with Crippen molar-refractivity contribution in [3.05, 3.63) is 66.0 Å². The van der Waals surface area contributed by atoms with E-state index in [1.807, 2.05) is 31.6 Å². The van der Waals surface area contributed by atoms with Crippen LogP contribution in [-0.2, 0) is 0 Å². The number of aromatic nitrogens is 3. The summed E-state index contributed by atoms with van der Waals surface area (Å²) in [5, 5.41) is 5.87. The van der Waals surface area contributed by atoms with Gasteiger partial charge < -0.3 is 5.32 Å². The molecule has 1 aromatic carbocycles. The fourth-order valence-corrected chi connectivity index (χ4v) is 2.61. The highest BCUT2D eigenvalue weighted by atomic mass is 15.0. The molecule has 0 aliphatic heterocycles. The van der Waals surface area contributed by atoms with Gasteiger partial charge in [0.1, 0.15) is 5.82 Å². The number of aryl methyl sites for hydroxylation is 1. The number of nitrogens with one attached hydrogen (secondary N) is 1. The molecule has 0 bridgehead atoms. The Hall–Kier alpha value is -2.33. The summed E-state index contributed by atoms with van der Waals surface area (Å²) in [5.74, 6) is 0.789. The average Bonchev–Trinajstić information content (AvgIpc) is 2.52. The molecule has 0 aliphatic rings. The first-order valence-corrected chi connectivity index (χ1v) is 7.15. The third kappa shape index (κ3) is 2.76. The van der Waals surface area contributed by atoms with Crippen molar-refractivity contribution < 1.29 is 0 Å². The quantitative estimate of drug-likeness (QED) is 0.797. The Morgan fingerprint density at radius 3 is 2.86 bits per heavy atom. The van der Waals surface area contributed by atoms with Crippen molar-refractivity contribution in [1.29, 1.82) is 0 Å². The number of benzene rings is 1. The molecular weight excluding hydrogens is 260 g/mol. The molecule has 3 aromatic rings. The minimum Gasteiger partial charge on any atom is -0.305 e. The molecular formula is C17H18N4. The molecule has 0 aliphatic carbocycles. The fourth-order valence-electron chi connectivity index (χ4n) is 2.61. The Labute approximate surface area is 124 Å². The smallest absolute Gasteiger partial charge is 0.125 e. The molecule has 0 fully saturated rings. The Bertz CT molecular complexity index is 749. The summed E-state index contributed by atoms with van der Waals surface area (Å²) in [4.78, 5) is 13.0. The molecule has 21 heavy (non-hydrogen) atoms. The van der Waals surface area contributed by atoms with Gasteiger partial charge in [0.25, 0.3) is 0 Å². The molecule has 3 rings (SSSR count). The zero-order valence-corrected chi connectivity index (χ0v) is 12.2. The van der Waals surface area contributed by atoms with Crippen LogP contribution >= 0.6 is 0 Å². The second-order valence-corrected chi connectivity index (χ2v) is 4.96. The molecule has 0 radical (unpaired) electrons. The highest BCUT2D eigenvalue weighted by Crippen LogP contribution is 2.27. The zero-order chi connectivity index (χ0) is 14.7. The topological polar surface area (TPSA) is 50.7 Å². The van der Waals surface area contributed by atoms with Crippen LogP contribution in [0.15, 0.2) is 48.9 Å². The van der Waals surface area contributed by atoms with Crippen LogP contribution in [0.1, 0.15) is 30.0 Å². The van der Waals surface area contributed by atoms with Crippen LogP contribution in [0.25, 0.3) is 10.8 Å². The van der Waals surface area contributed by atoms with Crippen LogP contribution in [0.5, 0.6) is 0 Å². The Balaban J connectivity index is 2.16. The Morgan fingerprint density at radius 1 is 1.14 bits per heavy atom. The van der Waals surface area contributed by atoms with E-state index < -0.39 is 0 Å². The van der Waals surface area contributed by atoms with E-state index >= 15 is 0 Å². The van der Waals surface area contributed by atoms with Crippen molar-refractivity contribution in [2.24, 2.45) is 0 Å². The van der Waals surface area contributed by atoms with Crippen LogP contribution in [0, 0.1) is 6.92 Å². The molecule has 0 saturated carbocycles. The van der Waals surface area contributed by atoms with Gasteiger partial charge in [-0.05, 0) is 36.6 Å². The summed E-state index contributed by atoms with van der Waals surface area (Å²) in [6.45, 7) is 4.89. The lowest BCUT2D eigenvalue weighted by Crippen LogP contribution is -2.23. The lowest BCUT2D eigenvalue weighted by Gasteiger charge is -2.20.